The Balaban J connectivity index is 2.02. The number of amides is 1. The largest absolute Gasteiger partial charge is 0.480 e. The Hall–Kier alpha value is -2.25. The first-order valence-electron chi connectivity index (χ1n) is 6.17. The molecule has 1 aromatic carbocycles. The molecule has 0 aromatic heterocycles. The summed E-state index contributed by atoms with van der Waals surface area (Å²) in [7, 11) is 0. The van der Waals surface area contributed by atoms with Crippen molar-refractivity contribution in [2.45, 2.75) is 18.9 Å². The predicted molar refractivity (Wildman–Crippen MR) is 74.1 cm³/mol. The van der Waals surface area contributed by atoms with E-state index in [0.717, 1.165) is 17.7 Å². The van der Waals surface area contributed by atoms with Crippen LogP contribution >= 0.6 is 0 Å². The summed E-state index contributed by atoms with van der Waals surface area (Å²) in [5, 5.41) is 0. The molecule has 0 bridgehead atoms. The second kappa shape index (κ2) is 6.62. The molecule has 1 amide bonds. The van der Waals surface area contributed by atoms with E-state index < -0.39 is 0 Å². The van der Waals surface area contributed by atoms with Crippen molar-refractivity contribution in [3.63, 3.8) is 0 Å². The van der Waals surface area contributed by atoms with Crippen molar-refractivity contribution in [3.8, 4) is 18.1 Å². The summed E-state index contributed by atoms with van der Waals surface area (Å²) >= 11 is 0. The first kappa shape index (κ1) is 13.2. The summed E-state index contributed by atoms with van der Waals surface area (Å²) in [6, 6.07) is 7.83. The van der Waals surface area contributed by atoms with Crippen LogP contribution in [0.2, 0.25) is 0 Å². The average molecular weight is 256 g/mol. The molecule has 1 fully saturated rings. The lowest BCUT2D eigenvalue weighted by Crippen LogP contribution is -2.48. The van der Waals surface area contributed by atoms with Crippen molar-refractivity contribution in [1.29, 1.82) is 0 Å². The van der Waals surface area contributed by atoms with Crippen LogP contribution in [0.1, 0.15) is 18.4 Å². The van der Waals surface area contributed by atoms with Gasteiger partial charge in [0, 0.05) is 18.0 Å². The number of rotatable bonds is 4. The van der Waals surface area contributed by atoms with Crippen LogP contribution in [0.3, 0.4) is 0 Å². The quantitative estimate of drug-likeness (QED) is 0.803. The van der Waals surface area contributed by atoms with E-state index in [0.29, 0.717) is 6.42 Å². The van der Waals surface area contributed by atoms with E-state index in [9.17, 15) is 4.79 Å². The minimum Gasteiger partial charge on any atom is -0.480 e. The summed E-state index contributed by atoms with van der Waals surface area (Å²) in [5.41, 5.74) is 6.53. The number of hydrazine groups is 1. The van der Waals surface area contributed by atoms with E-state index in [1.807, 2.05) is 36.4 Å². The third-order valence-electron chi connectivity index (χ3n) is 2.82. The van der Waals surface area contributed by atoms with Crippen molar-refractivity contribution in [2.24, 2.45) is 0 Å². The summed E-state index contributed by atoms with van der Waals surface area (Å²) in [6.07, 6.45) is 10.5. The van der Waals surface area contributed by atoms with Gasteiger partial charge in [-0.25, -0.2) is 5.43 Å². The maximum Gasteiger partial charge on any atom is 0.234 e. The topological polar surface area (TPSA) is 50.4 Å². The molecule has 1 aliphatic heterocycles. The number of hydrogen-bond donors (Lipinski definition) is 2. The standard InChI is InChI=1S/C15H16N2O2/c1-2-11-19-14-6-4-3-5-12(14)7-8-13-9-10-15(18)17-16-13/h1,3-8,13,16H,9-11H2,(H,17,18)/b8-7+. The van der Waals surface area contributed by atoms with Gasteiger partial charge in [0.1, 0.15) is 12.4 Å². The van der Waals surface area contributed by atoms with E-state index in [1.54, 1.807) is 0 Å². The molecule has 2 N–H and O–H groups in total. The van der Waals surface area contributed by atoms with Gasteiger partial charge >= 0.3 is 0 Å². The van der Waals surface area contributed by atoms with Crippen molar-refractivity contribution in [2.75, 3.05) is 6.61 Å². The lowest BCUT2D eigenvalue weighted by atomic mass is 10.1. The van der Waals surface area contributed by atoms with Gasteiger partial charge in [0.05, 0.1) is 0 Å². The lowest BCUT2D eigenvalue weighted by molar-refractivity contribution is -0.123. The number of para-hydroxylation sites is 1. The van der Waals surface area contributed by atoms with Crippen LogP contribution < -0.4 is 15.6 Å². The second-order valence-electron chi connectivity index (χ2n) is 4.23. The Kier molecular flexibility index (Phi) is 4.60. The summed E-state index contributed by atoms with van der Waals surface area (Å²) in [6.45, 7) is 0.253. The average Bonchev–Trinajstić information content (AvgIpc) is 2.45. The monoisotopic (exact) mass is 256 g/mol. The van der Waals surface area contributed by atoms with Gasteiger partial charge in [-0.3, -0.25) is 10.2 Å². The number of ether oxygens (including phenoxy) is 1. The van der Waals surface area contributed by atoms with Gasteiger partial charge < -0.3 is 4.74 Å². The normalized spacial score (nSPS) is 18.9. The SMILES string of the molecule is C#CCOc1ccccc1/C=C/C1CCC(=O)NN1. The van der Waals surface area contributed by atoms with E-state index in [2.05, 4.69) is 16.8 Å². The Morgan fingerprint density at radius 3 is 3.05 bits per heavy atom. The molecular formula is C15H16N2O2. The molecule has 1 heterocycles. The predicted octanol–water partition coefficient (Wildman–Crippen LogP) is 1.49. The zero-order valence-electron chi connectivity index (χ0n) is 10.6. The lowest BCUT2D eigenvalue weighted by Gasteiger charge is -2.20. The van der Waals surface area contributed by atoms with Crippen LogP contribution in [0.25, 0.3) is 6.08 Å². The molecule has 1 unspecified atom stereocenters. The molecule has 2 rings (SSSR count). The van der Waals surface area contributed by atoms with Crippen LogP contribution in [0, 0.1) is 12.3 Å². The highest BCUT2D eigenvalue weighted by Gasteiger charge is 2.14. The molecule has 1 atom stereocenters. The van der Waals surface area contributed by atoms with E-state index in [1.165, 1.54) is 0 Å². The fraction of sp³-hybridized carbons (Fsp3) is 0.267. The number of nitrogens with one attached hydrogen (secondary N) is 2. The van der Waals surface area contributed by atoms with Crippen LogP contribution in [-0.4, -0.2) is 18.6 Å². The van der Waals surface area contributed by atoms with Gasteiger partial charge in [-0.05, 0) is 12.5 Å². The Morgan fingerprint density at radius 1 is 1.47 bits per heavy atom. The molecule has 19 heavy (non-hydrogen) atoms. The summed E-state index contributed by atoms with van der Waals surface area (Å²) in [4.78, 5) is 11.0. The Morgan fingerprint density at radius 2 is 2.32 bits per heavy atom. The molecule has 4 nitrogen and oxygen atoms in total. The second-order valence-corrected chi connectivity index (χ2v) is 4.23. The maximum absolute atomic E-state index is 11.0. The minimum absolute atomic E-state index is 0.0300. The fourth-order valence-corrected chi connectivity index (χ4v) is 1.83. The van der Waals surface area contributed by atoms with Crippen molar-refractivity contribution < 1.29 is 9.53 Å². The molecule has 1 aliphatic rings. The molecule has 0 radical (unpaired) electrons. The van der Waals surface area contributed by atoms with Gasteiger partial charge in [-0.1, -0.05) is 36.3 Å². The highest BCUT2D eigenvalue weighted by Crippen LogP contribution is 2.20. The molecule has 0 aliphatic carbocycles. The summed E-state index contributed by atoms with van der Waals surface area (Å²) in [5.74, 6) is 3.24. The molecule has 0 spiro atoms. The van der Waals surface area contributed by atoms with Gasteiger partial charge in [0.15, 0.2) is 0 Å². The van der Waals surface area contributed by atoms with Crippen LogP contribution in [0.5, 0.6) is 5.75 Å². The summed E-state index contributed by atoms with van der Waals surface area (Å²) < 4.78 is 5.47. The van der Waals surface area contributed by atoms with Crippen molar-refractivity contribution in [3.05, 3.63) is 35.9 Å². The molecule has 0 saturated carbocycles. The molecule has 98 valence electrons. The molecule has 1 saturated heterocycles. The van der Waals surface area contributed by atoms with E-state index in [4.69, 9.17) is 11.2 Å². The fourth-order valence-electron chi connectivity index (χ4n) is 1.83. The van der Waals surface area contributed by atoms with Gasteiger partial charge in [0.2, 0.25) is 5.91 Å². The first-order chi connectivity index (χ1) is 9.29. The first-order valence-corrected chi connectivity index (χ1v) is 6.17. The Bertz CT molecular complexity index is 507. The smallest absolute Gasteiger partial charge is 0.234 e. The van der Waals surface area contributed by atoms with Crippen LogP contribution in [0.15, 0.2) is 30.3 Å². The molecule has 4 heteroatoms. The number of carbonyl (C=O) groups is 1. The zero-order chi connectivity index (χ0) is 13.5. The third-order valence-corrected chi connectivity index (χ3v) is 2.82. The van der Waals surface area contributed by atoms with Gasteiger partial charge in [-0.15, -0.1) is 6.42 Å². The van der Waals surface area contributed by atoms with Gasteiger partial charge in [-0.2, -0.15) is 0 Å². The number of carbonyl (C=O) groups excluding carboxylic acids is 1. The highest BCUT2D eigenvalue weighted by molar-refractivity contribution is 5.76. The van der Waals surface area contributed by atoms with E-state index in [-0.39, 0.29) is 18.6 Å². The number of benzene rings is 1. The number of hydrogen-bond acceptors (Lipinski definition) is 3. The maximum atomic E-state index is 11.0. The minimum atomic E-state index is 0.0300. The van der Waals surface area contributed by atoms with Crippen molar-refractivity contribution >= 4 is 12.0 Å². The molecular weight excluding hydrogens is 240 g/mol. The zero-order valence-corrected chi connectivity index (χ0v) is 10.6. The number of terminal acetylenes is 1. The van der Waals surface area contributed by atoms with Crippen LogP contribution in [0.4, 0.5) is 0 Å². The Labute approximate surface area is 112 Å². The van der Waals surface area contributed by atoms with E-state index >= 15 is 0 Å². The van der Waals surface area contributed by atoms with Gasteiger partial charge in [0.25, 0.3) is 0 Å². The van der Waals surface area contributed by atoms with Crippen molar-refractivity contribution in [1.82, 2.24) is 10.9 Å². The highest BCUT2D eigenvalue weighted by atomic mass is 16.5. The van der Waals surface area contributed by atoms with Crippen LogP contribution in [-0.2, 0) is 4.79 Å². The third kappa shape index (κ3) is 3.87. The molecule has 1 aromatic rings.